The summed E-state index contributed by atoms with van der Waals surface area (Å²) in [5.74, 6) is 0. The Balaban J connectivity index is 3.37. The van der Waals surface area contributed by atoms with Crippen molar-refractivity contribution in [3.05, 3.63) is 18.2 Å². The summed E-state index contributed by atoms with van der Waals surface area (Å²) < 4.78 is 23.3. The van der Waals surface area contributed by atoms with Crippen LogP contribution in [0.25, 0.3) is 0 Å². The molecule has 102 valence electrons. The van der Waals surface area contributed by atoms with Gasteiger partial charge in [-0.25, -0.2) is 8.42 Å². The van der Waals surface area contributed by atoms with Crippen LogP contribution in [0.5, 0.6) is 0 Å². The standard InChI is InChI=1S/C13H22N2O2S/c1-6-13(2,3)15(4)10-8-7-9-11(12(10)14)18(5,16)17/h7-9H,6,14H2,1-5H3. The number of anilines is 2. The van der Waals surface area contributed by atoms with E-state index in [9.17, 15) is 8.42 Å². The van der Waals surface area contributed by atoms with Crippen LogP contribution in [-0.2, 0) is 9.84 Å². The monoisotopic (exact) mass is 270 g/mol. The molecule has 0 saturated heterocycles. The first-order chi connectivity index (χ1) is 8.11. The lowest BCUT2D eigenvalue weighted by molar-refractivity contribution is 0.471. The van der Waals surface area contributed by atoms with E-state index in [0.29, 0.717) is 5.69 Å². The summed E-state index contributed by atoms with van der Waals surface area (Å²) in [5, 5.41) is 0. The van der Waals surface area contributed by atoms with Gasteiger partial charge in [-0.1, -0.05) is 13.0 Å². The van der Waals surface area contributed by atoms with E-state index in [2.05, 4.69) is 20.8 Å². The maximum atomic E-state index is 11.6. The van der Waals surface area contributed by atoms with Gasteiger partial charge in [-0.15, -0.1) is 0 Å². The Morgan fingerprint density at radius 3 is 2.33 bits per heavy atom. The van der Waals surface area contributed by atoms with Crippen molar-refractivity contribution in [2.45, 2.75) is 37.6 Å². The second-order valence-corrected chi connectivity index (χ2v) is 7.17. The first kappa shape index (κ1) is 14.8. The Hall–Kier alpha value is -1.23. The van der Waals surface area contributed by atoms with E-state index in [-0.39, 0.29) is 10.4 Å². The minimum Gasteiger partial charge on any atom is -0.396 e. The van der Waals surface area contributed by atoms with Gasteiger partial charge in [-0.3, -0.25) is 0 Å². The highest BCUT2D eigenvalue weighted by Crippen LogP contribution is 2.33. The molecule has 5 heteroatoms. The molecule has 0 aromatic heterocycles. The van der Waals surface area contributed by atoms with Crippen LogP contribution in [0.3, 0.4) is 0 Å². The number of sulfone groups is 1. The summed E-state index contributed by atoms with van der Waals surface area (Å²) in [6, 6.07) is 5.12. The lowest BCUT2D eigenvalue weighted by Gasteiger charge is -2.37. The third-order valence-electron chi connectivity index (χ3n) is 3.58. The van der Waals surface area contributed by atoms with Crippen molar-refractivity contribution in [1.82, 2.24) is 0 Å². The average Bonchev–Trinajstić information content (AvgIpc) is 2.27. The van der Waals surface area contributed by atoms with Gasteiger partial charge in [-0.05, 0) is 32.4 Å². The first-order valence-electron chi connectivity index (χ1n) is 5.93. The Labute approximate surface area is 110 Å². The molecular formula is C13H22N2O2S. The summed E-state index contributed by atoms with van der Waals surface area (Å²) in [6.45, 7) is 6.28. The van der Waals surface area contributed by atoms with Gasteiger partial charge < -0.3 is 10.6 Å². The van der Waals surface area contributed by atoms with Crippen LogP contribution in [0.15, 0.2) is 23.1 Å². The van der Waals surface area contributed by atoms with E-state index in [1.54, 1.807) is 12.1 Å². The minimum absolute atomic E-state index is 0.0791. The average molecular weight is 270 g/mol. The van der Waals surface area contributed by atoms with Gasteiger partial charge in [0.25, 0.3) is 0 Å². The predicted octanol–water partition coefficient (Wildman–Crippen LogP) is 2.30. The highest BCUT2D eigenvalue weighted by atomic mass is 32.2. The Morgan fingerprint density at radius 2 is 1.89 bits per heavy atom. The lowest BCUT2D eigenvalue weighted by atomic mass is 9.99. The number of para-hydroxylation sites is 1. The topological polar surface area (TPSA) is 63.4 Å². The zero-order valence-corrected chi connectivity index (χ0v) is 12.5. The van der Waals surface area contributed by atoms with Crippen molar-refractivity contribution in [3.8, 4) is 0 Å². The number of hydrogen-bond acceptors (Lipinski definition) is 4. The van der Waals surface area contributed by atoms with Crippen LogP contribution >= 0.6 is 0 Å². The molecule has 4 nitrogen and oxygen atoms in total. The molecule has 1 aromatic rings. The second-order valence-electron chi connectivity index (χ2n) is 5.19. The molecule has 0 saturated carbocycles. The maximum Gasteiger partial charge on any atom is 0.177 e. The van der Waals surface area contributed by atoms with Crippen molar-refractivity contribution in [1.29, 1.82) is 0 Å². The third-order valence-corrected chi connectivity index (χ3v) is 4.73. The number of benzene rings is 1. The summed E-state index contributed by atoms with van der Waals surface area (Å²) in [7, 11) is -1.36. The fourth-order valence-electron chi connectivity index (χ4n) is 1.71. The number of nitrogens with zero attached hydrogens (tertiary/aromatic N) is 1. The molecule has 0 unspecified atom stereocenters. The number of hydrogen-bond donors (Lipinski definition) is 1. The van der Waals surface area contributed by atoms with Gasteiger partial charge in [0.05, 0.1) is 16.3 Å². The van der Waals surface area contributed by atoms with E-state index in [1.807, 2.05) is 18.0 Å². The number of nitrogens with two attached hydrogens (primary N) is 1. The summed E-state index contributed by atoms with van der Waals surface area (Å²) in [6.07, 6.45) is 2.11. The molecule has 0 atom stereocenters. The normalized spacial score (nSPS) is 12.5. The van der Waals surface area contributed by atoms with E-state index >= 15 is 0 Å². The minimum atomic E-state index is -3.29. The van der Waals surface area contributed by atoms with Crippen LogP contribution < -0.4 is 10.6 Å². The first-order valence-corrected chi connectivity index (χ1v) is 7.82. The van der Waals surface area contributed by atoms with Crippen LogP contribution in [0.4, 0.5) is 11.4 Å². The van der Waals surface area contributed by atoms with Crippen LogP contribution in [-0.4, -0.2) is 27.3 Å². The molecule has 0 bridgehead atoms. The van der Waals surface area contributed by atoms with Crippen molar-refractivity contribution in [2.24, 2.45) is 0 Å². The van der Waals surface area contributed by atoms with Crippen LogP contribution in [0.1, 0.15) is 27.2 Å². The molecule has 0 aliphatic heterocycles. The molecule has 1 aromatic carbocycles. The summed E-state index contributed by atoms with van der Waals surface area (Å²) in [5.41, 5.74) is 7.00. The zero-order valence-electron chi connectivity index (χ0n) is 11.7. The molecule has 0 spiro atoms. The Kier molecular flexibility index (Phi) is 3.96. The third kappa shape index (κ3) is 2.77. The summed E-state index contributed by atoms with van der Waals surface area (Å²) >= 11 is 0. The highest BCUT2D eigenvalue weighted by molar-refractivity contribution is 7.90. The fraction of sp³-hybridized carbons (Fsp3) is 0.538. The predicted molar refractivity (Wildman–Crippen MR) is 76.7 cm³/mol. The van der Waals surface area contributed by atoms with Gasteiger partial charge in [0.15, 0.2) is 9.84 Å². The van der Waals surface area contributed by atoms with Crippen molar-refractivity contribution in [3.63, 3.8) is 0 Å². The van der Waals surface area contributed by atoms with Gasteiger partial charge in [0.1, 0.15) is 0 Å². The molecule has 18 heavy (non-hydrogen) atoms. The van der Waals surface area contributed by atoms with E-state index in [4.69, 9.17) is 5.73 Å². The number of rotatable bonds is 4. The SMILES string of the molecule is CCC(C)(C)N(C)c1cccc(S(C)(=O)=O)c1N. The molecule has 0 aliphatic carbocycles. The quantitative estimate of drug-likeness (QED) is 0.853. The van der Waals surface area contributed by atoms with Crippen molar-refractivity contribution < 1.29 is 8.42 Å². The molecule has 2 N–H and O–H groups in total. The van der Waals surface area contributed by atoms with Crippen molar-refractivity contribution >= 4 is 21.2 Å². The fourth-order valence-corrected chi connectivity index (χ4v) is 2.54. The van der Waals surface area contributed by atoms with Crippen LogP contribution in [0, 0.1) is 0 Å². The summed E-state index contributed by atoms with van der Waals surface area (Å²) in [4.78, 5) is 2.22. The smallest absolute Gasteiger partial charge is 0.177 e. The van der Waals surface area contributed by atoms with Gasteiger partial charge in [0.2, 0.25) is 0 Å². The highest BCUT2D eigenvalue weighted by Gasteiger charge is 2.25. The van der Waals surface area contributed by atoms with E-state index < -0.39 is 9.84 Å². The Bertz CT molecular complexity index is 536. The lowest BCUT2D eigenvalue weighted by Crippen LogP contribution is -2.41. The van der Waals surface area contributed by atoms with Gasteiger partial charge >= 0.3 is 0 Å². The van der Waals surface area contributed by atoms with Gasteiger partial charge in [0, 0.05) is 18.8 Å². The van der Waals surface area contributed by atoms with Crippen LogP contribution in [0.2, 0.25) is 0 Å². The molecule has 0 radical (unpaired) electrons. The molecule has 0 fully saturated rings. The largest absolute Gasteiger partial charge is 0.396 e. The van der Waals surface area contributed by atoms with Gasteiger partial charge in [-0.2, -0.15) is 0 Å². The Morgan fingerprint density at radius 1 is 1.33 bits per heavy atom. The maximum absolute atomic E-state index is 11.6. The molecular weight excluding hydrogens is 248 g/mol. The molecule has 0 amide bonds. The van der Waals surface area contributed by atoms with E-state index in [1.165, 1.54) is 6.26 Å². The molecule has 0 aliphatic rings. The molecule has 1 rings (SSSR count). The molecule has 0 heterocycles. The van der Waals surface area contributed by atoms with Crippen molar-refractivity contribution in [2.75, 3.05) is 23.9 Å². The second kappa shape index (κ2) is 4.80. The van der Waals surface area contributed by atoms with E-state index in [0.717, 1.165) is 12.1 Å². The zero-order chi connectivity index (χ0) is 14.1. The number of nitrogen functional groups attached to an aromatic ring is 1.